The zero-order chi connectivity index (χ0) is 17.5. The summed E-state index contributed by atoms with van der Waals surface area (Å²) in [4.78, 5) is 9.42. The van der Waals surface area contributed by atoms with Crippen LogP contribution in [0.4, 0.5) is 0 Å². The molecular weight excluding hydrogens is 443 g/mol. The van der Waals surface area contributed by atoms with E-state index >= 15 is 0 Å². The van der Waals surface area contributed by atoms with Crippen molar-refractivity contribution in [2.75, 3.05) is 60.1 Å². The molecule has 0 spiro atoms. The number of halogens is 1. The fraction of sp³-hybridized carbons (Fsp3) is 0.632. The second-order valence-electron chi connectivity index (χ2n) is 6.61. The van der Waals surface area contributed by atoms with Crippen molar-refractivity contribution < 1.29 is 9.47 Å². The molecule has 1 aromatic rings. The number of nitrogens with one attached hydrogen (secondary N) is 1. The van der Waals surface area contributed by atoms with Crippen LogP contribution in [0.3, 0.4) is 0 Å². The lowest BCUT2D eigenvalue weighted by Crippen LogP contribution is -2.46. The second-order valence-corrected chi connectivity index (χ2v) is 6.61. The Bertz CT molecular complexity index is 561. The summed E-state index contributed by atoms with van der Waals surface area (Å²) in [7, 11) is 3.57. The van der Waals surface area contributed by atoms with Crippen molar-refractivity contribution in [2.45, 2.75) is 18.9 Å². The van der Waals surface area contributed by atoms with Gasteiger partial charge >= 0.3 is 0 Å². The lowest BCUT2D eigenvalue weighted by Gasteiger charge is -2.32. The van der Waals surface area contributed by atoms with Crippen LogP contribution in [0.25, 0.3) is 0 Å². The van der Waals surface area contributed by atoms with Gasteiger partial charge in [-0.15, -0.1) is 24.0 Å². The zero-order valence-corrected chi connectivity index (χ0v) is 18.1. The number of benzene rings is 1. The van der Waals surface area contributed by atoms with Gasteiger partial charge in [-0.05, 0) is 30.5 Å². The molecule has 1 atom stereocenters. The van der Waals surface area contributed by atoms with Crippen LogP contribution in [-0.2, 0) is 11.2 Å². The Morgan fingerprint density at radius 1 is 1.23 bits per heavy atom. The van der Waals surface area contributed by atoms with Gasteiger partial charge in [0.2, 0.25) is 0 Å². The summed E-state index contributed by atoms with van der Waals surface area (Å²) in [6, 6.07) is 8.89. The maximum absolute atomic E-state index is 5.47. The van der Waals surface area contributed by atoms with Gasteiger partial charge in [-0.3, -0.25) is 9.89 Å². The first-order valence-electron chi connectivity index (χ1n) is 9.20. The molecule has 2 saturated heterocycles. The predicted octanol–water partition coefficient (Wildman–Crippen LogP) is 1.84. The van der Waals surface area contributed by atoms with E-state index in [1.54, 1.807) is 7.11 Å². The standard InChI is InChI=1S/C19H30N4O2.HI/c1-20-19(21-9-7-16-3-5-18(24-2)6-4-16)23-10-8-17(15-23)22-11-13-25-14-12-22;/h3-6,17H,7-15H2,1-2H3,(H,20,21);1H. The number of rotatable bonds is 5. The topological polar surface area (TPSA) is 49.3 Å². The molecule has 0 aromatic heterocycles. The predicted molar refractivity (Wildman–Crippen MR) is 116 cm³/mol. The molecule has 3 rings (SSSR count). The Balaban J connectivity index is 0.00000243. The van der Waals surface area contributed by atoms with Crippen LogP contribution in [0.1, 0.15) is 12.0 Å². The highest BCUT2D eigenvalue weighted by Gasteiger charge is 2.30. The number of hydrogen-bond acceptors (Lipinski definition) is 4. The van der Waals surface area contributed by atoms with Gasteiger partial charge in [0.15, 0.2) is 5.96 Å². The van der Waals surface area contributed by atoms with E-state index in [9.17, 15) is 0 Å². The number of methoxy groups -OCH3 is 1. The summed E-state index contributed by atoms with van der Waals surface area (Å²) in [6.07, 6.45) is 2.18. The fourth-order valence-corrected chi connectivity index (χ4v) is 3.62. The zero-order valence-electron chi connectivity index (χ0n) is 15.8. The van der Waals surface area contributed by atoms with E-state index in [-0.39, 0.29) is 24.0 Å². The molecule has 146 valence electrons. The normalized spacial score (nSPS) is 21.4. The molecule has 1 unspecified atom stereocenters. The molecule has 2 aliphatic rings. The van der Waals surface area contributed by atoms with Crippen molar-refractivity contribution >= 4 is 29.9 Å². The van der Waals surface area contributed by atoms with Gasteiger partial charge in [0.05, 0.1) is 20.3 Å². The number of likely N-dealkylation sites (tertiary alicyclic amines) is 1. The highest BCUT2D eigenvalue weighted by molar-refractivity contribution is 14.0. The molecule has 0 saturated carbocycles. The van der Waals surface area contributed by atoms with Crippen molar-refractivity contribution in [1.82, 2.24) is 15.1 Å². The summed E-state index contributed by atoms with van der Waals surface area (Å²) in [5, 5.41) is 3.51. The monoisotopic (exact) mass is 474 g/mol. The third-order valence-electron chi connectivity index (χ3n) is 5.09. The summed E-state index contributed by atoms with van der Waals surface area (Å²) in [6.45, 7) is 6.87. The minimum atomic E-state index is 0. The van der Waals surface area contributed by atoms with E-state index in [0.717, 1.165) is 64.1 Å². The maximum Gasteiger partial charge on any atom is 0.193 e. The lowest BCUT2D eigenvalue weighted by molar-refractivity contribution is 0.0195. The van der Waals surface area contributed by atoms with Crippen LogP contribution in [0, 0.1) is 0 Å². The van der Waals surface area contributed by atoms with Gasteiger partial charge in [0.1, 0.15) is 5.75 Å². The minimum Gasteiger partial charge on any atom is -0.497 e. The number of morpholine rings is 1. The van der Waals surface area contributed by atoms with Crippen LogP contribution in [0.5, 0.6) is 5.75 Å². The van der Waals surface area contributed by atoms with Gasteiger partial charge in [-0.1, -0.05) is 12.1 Å². The van der Waals surface area contributed by atoms with Crippen LogP contribution >= 0.6 is 24.0 Å². The van der Waals surface area contributed by atoms with Gasteiger partial charge in [0.25, 0.3) is 0 Å². The largest absolute Gasteiger partial charge is 0.497 e. The van der Waals surface area contributed by atoms with Crippen LogP contribution in [0.2, 0.25) is 0 Å². The van der Waals surface area contributed by atoms with Crippen LogP contribution in [-0.4, -0.2) is 81.9 Å². The Morgan fingerprint density at radius 3 is 2.62 bits per heavy atom. The SMILES string of the molecule is CN=C(NCCc1ccc(OC)cc1)N1CCC(N2CCOCC2)C1.I. The molecule has 1 N–H and O–H groups in total. The fourth-order valence-electron chi connectivity index (χ4n) is 3.62. The van der Waals surface area contributed by atoms with E-state index in [1.165, 1.54) is 12.0 Å². The highest BCUT2D eigenvalue weighted by Crippen LogP contribution is 2.17. The van der Waals surface area contributed by atoms with Crippen molar-refractivity contribution in [3.8, 4) is 5.75 Å². The van der Waals surface area contributed by atoms with Gasteiger partial charge < -0.3 is 19.7 Å². The second kappa shape index (κ2) is 10.9. The summed E-state index contributed by atoms with van der Waals surface area (Å²) >= 11 is 0. The molecular formula is C19H31IN4O2. The average Bonchev–Trinajstić information content (AvgIpc) is 3.16. The number of aliphatic imine (C=N–C) groups is 1. The summed E-state index contributed by atoms with van der Waals surface area (Å²) in [5.74, 6) is 1.92. The Morgan fingerprint density at radius 2 is 1.96 bits per heavy atom. The summed E-state index contributed by atoms with van der Waals surface area (Å²) in [5.41, 5.74) is 1.30. The van der Waals surface area contributed by atoms with Gasteiger partial charge in [-0.25, -0.2) is 0 Å². The molecule has 0 radical (unpaired) electrons. The molecule has 2 fully saturated rings. The molecule has 26 heavy (non-hydrogen) atoms. The molecule has 0 bridgehead atoms. The molecule has 7 heteroatoms. The molecule has 2 aliphatic heterocycles. The number of ether oxygens (including phenoxy) is 2. The molecule has 6 nitrogen and oxygen atoms in total. The molecule has 0 amide bonds. The van der Waals surface area contributed by atoms with Crippen molar-refractivity contribution in [3.05, 3.63) is 29.8 Å². The van der Waals surface area contributed by atoms with E-state index in [0.29, 0.717) is 6.04 Å². The van der Waals surface area contributed by atoms with E-state index < -0.39 is 0 Å². The smallest absolute Gasteiger partial charge is 0.193 e. The Labute approximate surface area is 173 Å². The molecule has 0 aliphatic carbocycles. The quantitative estimate of drug-likeness (QED) is 0.401. The number of guanidine groups is 1. The Hall–Kier alpha value is -1.06. The average molecular weight is 474 g/mol. The maximum atomic E-state index is 5.47. The minimum absolute atomic E-state index is 0. The first kappa shape index (κ1) is 21.2. The van der Waals surface area contributed by atoms with E-state index in [1.807, 2.05) is 19.2 Å². The van der Waals surface area contributed by atoms with Gasteiger partial charge in [0, 0.05) is 45.8 Å². The molecule has 1 aromatic carbocycles. The first-order valence-corrected chi connectivity index (χ1v) is 9.20. The van der Waals surface area contributed by atoms with Crippen molar-refractivity contribution in [3.63, 3.8) is 0 Å². The van der Waals surface area contributed by atoms with Crippen molar-refractivity contribution in [1.29, 1.82) is 0 Å². The third-order valence-corrected chi connectivity index (χ3v) is 5.09. The Kier molecular flexibility index (Phi) is 8.94. The highest BCUT2D eigenvalue weighted by atomic mass is 127. The van der Waals surface area contributed by atoms with E-state index in [4.69, 9.17) is 9.47 Å². The van der Waals surface area contributed by atoms with Crippen LogP contribution in [0.15, 0.2) is 29.3 Å². The number of nitrogens with zero attached hydrogens (tertiary/aromatic N) is 3. The van der Waals surface area contributed by atoms with E-state index in [2.05, 4.69) is 32.2 Å². The summed E-state index contributed by atoms with van der Waals surface area (Å²) < 4.78 is 10.7. The van der Waals surface area contributed by atoms with Gasteiger partial charge in [-0.2, -0.15) is 0 Å². The lowest BCUT2D eigenvalue weighted by atomic mass is 10.1. The van der Waals surface area contributed by atoms with Crippen molar-refractivity contribution in [2.24, 2.45) is 4.99 Å². The first-order chi connectivity index (χ1) is 12.3. The van der Waals surface area contributed by atoms with Crippen LogP contribution < -0.4 is 10.1 Å². The molecule has 2 heterocycles. The third kappa shape index (κ3) is 5.72. The number of hydrogen-bond donors (Lipinski definition) is 1.